The normalized spacial score (nSPS) is 47.9. The van der Waals surface area contributed by atoms with Gasteiger partial charge in [-0.25, -0.2) is 0 Å². The van der Waals surface area contributed by atoms with Gasteiger partial charge in [-0.1, -0.05) is 20.8 Å². The molecule has 4 fully saturated rings. The van der Waals surface area contributed by atoms with Gasteiger partial charge in [-0.05, 0) is 118 Å². The van der Waals surface area contributed by atoms with Gasteiger partial charge in [0.2, 0.25) is 0 Å². The van der Waals surface area contributed by atoms with Crippen molar-refractivity contribution in [1.29, 1.82) is 0 Å². The monoisotopic (exact) mass is 434 g/mol. The third kappa shape index (κ3) is 4.09. The molecule has 0 bridgehead atoms. The van der Waals surface area contributed by atoms with E-state index >= 15 is 0 Å². The predicted octanol–water partition coefficient (Wildman–Crippen LogP) is 5.34. The van der Waals surface area contributed by atoms with Gasteiger partial charge in [0.25, 0.3) is 0 Å². The van der Waals surface area contributed by atoms with E-state index in [9.17, 15) is 15.0 Å². The first kappa shape index (κ1) is 23.5. The van der Waals surface area contributed by atoms with Crippen molar-refractivity contribution in [3.8, 4) is 0 Å². The first-order valence-corrected chi connectivity index (χ1v) is 13.1. The number of fused-ring (bicyclic) bond motifs is 5. The summed E-state index contributed by atoms with van der Waals surface area (Å²) in [7, 11) is 0. The van der Waals surface area contributed by atoms with E-state index in [1.807, 2.05) is 13.8 Å². The van der Waals surface area contributed by atoms with Crippen LogP contribution in [0, 0.1) is 46.3 Å². The summed E-state index contributed by atoms with van der Waals surface area (Å²) in [4.78, 5) is 12.1. The van der Waals surface area contributed by atoms with E-state index in [2.05, 4.69) is 20.8 Å². The number of hydrogen-bond donors (Lipinski definition) is 2. The van der Waals surface area contributed by atoms with E-state index in [0.717, 1.165) is 32.1 Å². The molecule has 5 unspecified atom stereocenters. The minimum Gasteiger partial charge on any atom is -0.463 e. The van der Waals surface area contributed by atoms with Gasteiger partial charge >= 0.3 is 5.97 Å². The molecule has 0 radical (unpaired) electrons. The summed E-state index contributed by atoms with van der Waals surface area (Å²) in [5.74, 6) is 3.17. The summed E-state index contributed by atoms with van der Waals surface area (Å²) in [6.45, 7) is 11.1. The van der Waals surface area contributed by atoms with Gasteiger partial charge in [-0.2, -0.15) is 0 Å². The number of carbonyl (C=O) groups is 1. The molecule has 178 valence electrons. The standard InChI is InChI=1S/C27H46O4/c1-16(2)31-24(30)9-6-17(3)20-7-8-21-25-22(11-13-27(20,21)5)26(4)12-10-19(28)14-18(26)15-23(25)29/h16-23,25,28-29H,6-15H2,1-5H3/t17-,18?,19-,20?,21?,22?,23+,25?,26+,27-/m1/s1. The smallest absolute Gasteiger partial charge is 0.306 e. The maximum Gasteiger partial charge on any atom is 0.306 e. The first-order valence-electron chi connectivity index (χ1n) is 13.1. The van der Waals surface area contributed by atoms with E-state index in [1.54, 1.807) is 0 Å². The lowest BCUT2D eigenvalue weighted by molar-refractivity contribution is -0.174. The van der Waals surface area contributed by atoms with E-state index in [1.165, 1.54) is 25.7 Å². The number of aliphatic hydroxyl groups is 2. The van der Waals surface area contributed by atoms with Gasteiger partial charge in [0, 0.05) is 6.42 Å². The fraction of sp³-hybridized carbons (Fsp3) is 0.963. The number of aliphatic hydroxyl groups excluding tert-OH is 2. The minimum atomic E-state index is -0.215. The third-order valence-corrected chi connectivity index (χ3v) is 10.6. The first-order chi connectivity index (χ1) is 14.6. The predicted molar refractivity (Wildman–Crippen MR) is 122 cm³/mol. The SMILES string of the molecule is CC(C)OC(=O)CC[C@@H](C)C1CCC2C3C(CC[C@@]21C)[C@@]1(C)CC[C@@H](O)CC1C[C@@H]3O. The van der Waals surface area contributed by atoms with Crippen LogP contribution in [0.3, 0.4) is 0 Å². The number of carbonyl (C=O) groups excluding carboxylic acids is 1. The molecule has 0 amide bonds. The van der Waals surface area contributed by atoms with E-state index in [0.29, 0.717) is 41.9 Å². The molecule has 4 aliphatic rings. The topological polar surface area (TPSA) is 66.8 Å². The Hall–Kier alpha value is -0.610. The van der Waals surface area contributed by atoms with Crippen LogP contribution in [0.25, 0.3) is 0 Å². The molecule has 0 aromatic rings. The highest BCUT2D eigenvalue weighted by Gasteiger charge is 2.62. The zero-order chi connectivity index (χ0) is 22.6. The molecule has 31 heavy (non-hydrogen) atoms. The Morgan fingerprint density at radius 2 is 1.65 bits per heavy atom. The zero-order valence-corrected chi connectivity index (χ0v) is 20.5. The van der Waals surface area contributed by atoms with Crippen LogP contribution in [0.1, 0.15) is 98.8 Å². The number of ether oxygens (including phenoxy) is 1. The average molecular weight is 435 g/mol. The van der Waals surface area contributed by atoms with Gasteiger partial charge in [-0.3, -0.25) is 4.79 Å². The quantitative estimate of drug-likeness (QED) is 0.573. The Bertz CT molecular complexity index is 662. The highest BCUT2D eigenvalue weighted by molar-refractivity contribution is 5.69. The largest absolute Gasteiger partial charge is 0.463 e. The maximum absolute atomic E-state index is 12.1. The summed E-state index contributed by atoms with van der Waals surface area (Å²) < 4.78 is 5.36. The summed E-state index contributed by atoms with van der Waals surface area (Å²) in [6.07, 6.45) is 9.74. The molecule has 2 N–H and O–H groups in total. The second-order valence-electron chi connectivity index (χ2n) is 12.5. The highest BCUT2D eigenvalue weighted by Crippen LogP contribution is 2.68. The van der Waals surface area contributed by atoms with Crippen molar-refractivity contribution in [1.82, 2.24) is 0 Å². The van der Waals surface area contributed by atoms with Crippen molar-refractivity contribution in [2.75, 3.05) is 0 Å². The van der Waals surface area contributed by atoms with Crippen molar-refractivity contribution in [2.45, 2.75) is 117 Å². The van der Waals surface area contributed by atoms with Crippen molar-refractivity contribution < 1.29 is 19.7 Å². The van der Waals surface area contributed by atoms with E-state index < -0.39 is 0 Å². The van der Waals surface area contributed by atoms with Gasteiger partial charge in [0.1, 0.15) is 0 Å². The fourth-order valence-electron chi connectivity index (χ4n) is 9.04. The Balaban J connectivity index is 1.47. The lowest BCUT2D eigenvalue weighted by Crippen LogP contribution is -2.58. The Morgan fingerprint density at radius 1 is 0.968 bits per heavy atom. The Morgan fingerprint density at radius 3 is 2.35 bits per heavy atom. The van der Waals surface area contributed by atoms with E-state index in [4.69, 9.17) is 4.74 Å². The lowest BCUT2D eigenvalue weighted by Gasteiger charge is -2.62. The van der Waals surface area contributed by atoms with Crippen molar-refractivity contribution >= 4 is 5.97 Å². The van der Waals surface area contributed by atoms with Crippen LogP contribution in [0.4, 0.5) is 0 Å². The lowest BCUT2D eigenvalue weighted by atomic mass is 9.43. The maximum atomic E-state index is 12.1. The van der Waals surface area contributed by atoms with Crippen LogP contribution in [0.15, 0.2) is 0 Å². The van der Waals surface area contributed by atoms with Crippen molar-refractivity contribution in [3.05, 3.63) is 0 Å². The van der Waals surface area contributed by atoms with Gasteiger partial charge in [0.15, 0.2) is 0 Å². The molecule has 4 heteroatoms. The average Bonchev–Trinajstić information content (AvgIpc) is 3.04. The number of esters is 1. The van der Waals surface area contributed by atoms with Crippen LogP contribution < -0.4 is 0 Å². The van der Waals surface area contributed by atoms with Crippen molar-refractivity contribution in [3.63, 3.8) is 0 Å². The van der Waals surface area contributed by atoms with Gasteiger partial charge < -0.3 is 14.9 Å². The zero-order valence-electron chi connectivity index (χ0n) is 20.5. The second-order valence-corrected chi connectivity index (χ2v) is 12.5. The molecule has 4 nitrogen and oxygen atoms in total. The molecule has 0 spiro atoms. The summed E-state index contributed by atoms with van der Waals surface area (Å²) >= 11 is 0. The number of rotatable bonds is 5. The molecule has 0 aromatic carbocycles. The number of hydrogen-bond acceptors (Lipinski definition) is 4. The summed E-state index contributed by atoms with van der Waals surface area (Å²) in [5.41, 5.74) is 0.565. The molecule has 10 atom stereocenters. The van der Waals surface area contributed by atoms with Crippen molar-refractivity contribution in [2.24, 2.45) is 46.3 Å². The minimum absolute atomic E-state index is 0.0367. The molecule has 0 heterocycles. The second kappa shape index (κ2) is 8.63. The Labute approximate surface area is 189 Å². The fourth-order valence-corrected chi connectivity index (χ4v) is 9.04. The molecular formula is C27H46O4. The molecule has 0 saturated heterocycles. The van der Waals surface area contributed by atoms with Crippen LogP contribution >= 0.6 is 0 Å². The van der Waals surface area contributed by atoms with Crippen LogP contribution in [0.2, 0.25) is 0 Å². The third-order valence-electron chi connectivity index (χ3n) is 10.6. The summed E-state index contributed by atoms with van der Waals surface area (Å²) in [6, 6.07) is 0. The highest BCUT2D eigenvalue weighted by atomic mass is 16.5. The van der Waals surface area contributed by atoms with Crippen LogP contribution in [-0.4, -0.2) is 34.5 Å². The molecule has 0 aliphatic heterocycles. The van der Waals surface area contributed by atoms with Gasteiger partial charge in [-0.15, -0.1) is 0 Å². The molecular weight excluding hydrogens is 388 g/mol. The van der Waals surface area contributed by atoms with E-state index in [-0.39, 0.29) is 35.1 Å². The van der Waals surface area contributed by atoms with Crippen LogP contribution in [0.5, 0.6) is 0 Å². The molecule has 4 aliphatic carbocycles. The Kier molecular flexibility index (Phi) is 6.55. The molecule has 4 rings (SSSR count). The molecule has 0 aromatic heterocycles. The summed E-state index contributed by atoms with van der Waals surface area (Å²) in [5, 5.41) is 21.6. The molecule has 4 saturated carbocycles. The van der Waals surface area contributed by atoms with Crippen LogP contribution in [-0.2, 0) is 9.53 Å². The van der Waals surface area contributed by atoms with Gasteiger partial charge in [0.05, 0.1) is 18.3 Å².